The van der Waals surface area contributed by atoms with Gasteiger partial charge in [-0.3, -0.25) is 4.68 Å². The highest BCUT2D eigenvalue weighted by atomic mass is 35.5. The van der Waals surface area contributed by atoms with E-state index in [1.165, 1.54) is 23.9 Å². The number of hydrogen-bond donors (Lipinski definition) is 1. The number of aromatic nitrogens is 3. The molecule has 0 saturated carbocycles. The fourth-order valence-electron chi connectivity index (χ4n) is 2.64. The van der Waals surface area contributed by atoms with E-state index < -0.39 is 5.82 Å². The topological polar surface area (TPSA) is 56.7 Å². The number of benzene rings is 1. The first-order valence-electron chi connectivity index (χ1n) is 8.38. The zero-order valence-electron chi connectivity index (χ0n) is 15.1. The van der Waals surface area contributed by atoms with Crippen LogP contribution in [0.4, 0.5) is 10.2 Å². The van der Waals surface area contributed by atoms with Crippen LogP contribution in [0.3, 0.4) is 0 Å². The minimum absolute atomic E-state index is 0.0309. The number of nitrogens with two attached hydrogens (primary N) is 1. The summed E-state index contributed by atoms with van der Waals surface area (Å²) in [5, 5.41) is 4.60. The quantitative estimate of drug-likeness (QED) is 0.379. The van der Waals surface area contributed by atoms with E-state index in [0.29, 0.717) is 16.4 Å². The van der Waals surface area contributed by atoms with Crippen molar-refractivity contribution in [1.29, 1.82) is 0 Å². The van der Waals surface area contributed by atoms with Gasteiger partial charge in [0.1, 0.15) is 11.6 Å². The Morgan fingerprint density at radius 1 is 1.15 bits per heavy atom. The maximum atomic E-state index is 13.8. The molecule has 3 rings (SSSR count). The van der Waals surface area contributed by atoms with Gasteiger partial charge in [-0.15, -0.1) is 11.8 Å². The summed E-state index contributed by atoms with van der Waals surface area (Å²) >= 11 is 13.8. The molecule has 0 fully saturated rings. The van der Waals surface area contributed by atoms with E-state index in [9.17, 15) is 4.39 Å². The maximum Gasteiger partial charge on any atom is 0.142 e. The van der Waals surface area contributed by atoms with Crippen molar-refractivity contribution < 1.29 is 4.39 Å². The predicted molar refractivity (Wildman–Crippen MR) is 111 cm³/mol. The molecule has 4 nitrogen and oxygen atoms in total. The molecule has 2 aromatic heterocycles. The van der Waals surface area contributed by atoms with E-state index in [-0.39, 0.29) is 16.3 Å². The predicted octanol–water partition coefficient (Wildman–Crippen LogP) is 6.41. The van der Waals surface area contributed by atoms with Crippen LogP contribution in [0.5, 0.6) is 0 Å². The molecule has 2 N–H and O–H groups in total. The van der Waals surface area contributed by atoms with Crippen molar-refractivity contribution in [2.75, 3.05) is 5.73 Å². The van der Waals surface area contributed by atoms with Crippen LogP contribution in [0.1, 0.15) is 37.6 Å². The van der Waals surface area contributed by atoms with Crippen LogP contribution in [0.2, 0.25) is 10.0 Å². The molecule has 0 aliphatic heterocycles. The van der Waals surface area contributed by atoms with Gasteiger partial charge in [0, 0.05) is 45.4 Å². The van der Waals surface area contributed by atoms with Gasteiger partial charge in [-0.2, -0.15) is 5.10 Å². The van der Waals surface area contributed by atoms with Gasteiger partial charge in [0.25, 0.3) is 0 Å². The molecule has 0 aliphatic carbocycles. The van der Waals surface area contributed by atoms with Gasteiger partial charge < -0.3 is 5.73 Å². The van der Waals surface area contributed by atoms with Crippen LogP contribution in [-0.4, -0.2) is 14.8 Å². The third-order valence-electron chi connectivity index (χ3n) is 4.14. The Kier molecular flexibility index (Phi) is 5.99. The molecule has 1 unspecified atom stereocenters. The third kappa shape index (κ3) is 4.23. The van der Waals surface area contributed by atoms with Gasteiger partial charge in [-0.1, -0.05) is 23.2 Å². The summed E-state index contributed by atoms with van der Waals surface area (Å²) in [5.74, 6) is -0.0973. The minimum atomic E-state index is -0.496. The second-order valence-electron chi connectivity index (χ2n) is 6.43. The zero-order chi connectivity index (χ0) is 19.7. The van der Waals surface area contributed by atoms with Crippen LogP contribution >= 0.6 is 35.0 Å². The largest absolute Gasteiger partial charge is 0.383 e. The minimum Gasteiger partial charge on any atom is -0.383 e. The molecule has 8 heteroatoms. The molecule has 142 valence electrons. The first kappa shape index (κ1) is 20.0. The van der Waals surface area contributed by atoms with E-state index in [0.717, 1.165) is 16.0 Å². The average Bonchev–Trinajstić information content (AvgIpc) is 3.11. The standard InChI is InChI=1S/C19H19Cl2FN4S/c1-10(2)26-9-13(8-25-26)12-6-16(19(23)24-7-12)27-11(3)17-14(20)4-5-15(22)18(17)21/h4-11H,1-3H3,(H2,23,24). The SMILES string of the molecule is CC(Sc1cc(-c2cnn(C(C)C)c2)cnc1N)c1c(Cl)ccc(F)c1Cl. The molecule has 1 aromatic carbocycles. The van der Waals surface area contributed by atoms with Gasteiger partial charge in [-0.05, 0) is 39.0 Å². The van der Waals surface area contributed by atoms with Crippen molar-refractivity contribution in [2.45, 2.75) is 37.0 Å². The number of pyridine rings is 1. The Morgan fingerprint density at radius 3 is 2.56 bits per heavy atom. The molecule has 0 radical (unpaired) electrons. The molecule has 0 aliphatic rings. The van der Waals surface area contributed by atoms with Crippen molar-refractivity contribution in [3.05, 3.63) is 58.2 Å². The maximum absolute atomic E-state index is 13.8. The fourth-order valence-corrected chi connectivity index (χ4v) is 4.58. The highest BCUT2D eigenvalue weighted by molar-refractivity contribution is 7.99. The van der Waals surface area contributed by atoms with Gasteiger partial charge in [0.2, 0.25) is 0 Å². The number of hydrogen-bond acceptors (Lipinski definition) is 4. The van der Waals surface area contributed by atoms with E-state index in [1.807, 2.05) is 23.9 Å². The number of nitrogens with zero attached hydrogens (tertiary/aromatic N) is 3. The Balaban J connectivity index is 1.92. The molecule has 3 aromatic rings. The van der Waals surface area contributed by atoms with Crippen molar-refractivity contribution in [3.8, 4) is 11.1 Å². The Labute approximate surface area is 171 Å². The lowest BCUT2D eigenvalue weighted by molar-refractivity contribution is 0.532. The fraction of sp³-hybridized carbons (Fsp3) is 0.263. The van der Waals surface area contributed by atoms with E-state index in [1.54, 1.807) is 12.4 Å². The smallest absolute Gasteiger partial charge is 0.142 e. The summed E-state index contributed by atoms with van der Waals surface area (Å²) in [6.07, 6.45) is 5.48. The highest BCUT2D eigenvalue weighted by Crippen LogP contribution is 2.44. The first-order valence-corrected chi connectivity index (χ1v) is 10.0. The Morgan fingerprint density at radius 2 is 1.89 bits per heavy atom. The monoisotopic (exact) mass is 424 g/mol. The lowest BCUT2D eigenvalue weighted by Crippen LogP contribution is -2.00. The summed E-state index contributed by atoms with van der Waals surface area (Å²) < 4.78 is 15.7. The summed E-state index contributed by atoms with van der Waals surface area (Å²) in [6.45, 7) is 6.03. The molecule has 0 saturated heterocycles. The molecule has 0 amide bonds. The van der Waals surface area contributed by atoms with Crippen molar-refractivity contribution in [1.82, 2.24) is 14.8 Å². The normalized spacial score (nSPS) is 12.6. The van der Waals surface area contributed by atoms with Crippen LogP contribution in [0.15, 0.2) is 41.7 Å². The van der Waals surface area contributed by atoms with Gasteiger partial charge in [0.05, 0.1) is 16.1 Å². The third-order valence-corrected chi connectivity index (χ3v) is 6.02. The molecule has 0 bridgehead atoms. The Bertz CT molecular complexity index is 974. The lowest BCUT2D eigenvalue weighted by atomic mass is 10.1. The highest BCUT2D eigenvalue weighted by Gasteiger charge is 2.20. The molecule has 2 heterocycles. The van der Waals surface area contributed by atoms with Crippen molar-refractivity contribution >= 4 is 40.8 Å². The zero-order valence-corrected chi connectivity index (χ0v) is 17.4. The second kappa shape index (κ2) is 8.09. The van der Waals surface area contributed by atoms with Crippen molar-refractivity contribution in [2.24, 2.45) is 0 Å². The molecule has 27 heavy (non-hydrogen) atoms. The van der Waals surface area contributed by atoms with E-state index in [4.69, 9.17) is 28.9 Å². The number of thioether (sulfide) groups is 1. The number of halogens is 3. The average molecular weight is 425 g/mol. The van der Waals surface area contributed by atoms with Crippen LogP contribution in [-0.2, 0) is 0 Å². The van der Waals surface area contributed by atoms with Gasteiger partial charge in [0.15, 0.2) is 0 Å². The first-order chi connectivity index (χ1) is 12.8. The van der Waals surface area contributed by atoms with Crippen LogP contribution in [0, 0.1) is 5.82 Å². The molecule has 0 spiro atoms. The molecule has 1 atom stereocenters. The van der Waals surface area contributed by atoms with Crippen LogP contribution in [0.25, 0.3) is 11.1 Å². The van der Waals surface area contributed by atoms with Gasteiger partial charge >= 0.3 is 0 Å². The van der Waals surface area contributed by atoms with Gasteiger partial charge in [-0.25, -0.2) is 9.37 Å². The summed E-state index contributed by atoms with van der Waals surface area (Å²) in [5.41, 5.74) is 8.46. The van der Waals surface area contributed by atoms with Crippen molar-refractivity contribution in [3.63, 3.8) is 0 Å². The summed E-state index contributed by atoms with van der Waals surface area (Å²) in [4.78, 5) is 5.07. The lowest BCUT2D eigenvalue weighted by Gasteiger charge is -2.16. The number of anilines is 1. The summed E-state index contributed by atoms with van der Waals surface area (Å²) in [6, 6.07) is 4.99. The summed E-state index contributed by atoms with van der Waals surface area (Å²) in [7, 11) is 0. The van der Waals surface area contributed by atoms with E-state index >= 15 is 0 Å². The molecular formula is C19H19Cl2FN4S. The van der Waals surface area contributed by atoms with Crippen LogP contribution < -0.4 is 5.73 Å². The number of rotatable bonds is 5. The number of nitrogen functional groups attached to an aromatic ring is 1. The van der Waals surface area contributed by atoms with E-state index in [2.05, 4.69) is 23.9 Å². The second-order valence-corrected chi connectivity index (χ2v) is 8.59. The molecular weight excluding hydrogens is 406 g/mol. The Hall–Kier alpha value is -1.76.